The van der Waals surface area contributed by atoms with Gasteiger partial charge in [0.25, 0.3) is 0 Å². The zero-order valence-corrected chi connectivity index (χ0v) is 16.1. The molecule has 0 saturated carbocycles. The van der Waals surface area contributed by atoms with E-state index in [-0.39, 0.29) is 5.91 Å². The fourth-order valence-corrected chi connectivity index (χ4v) is 4.10. The molecule has 4 rings (SSSR count). The van der Waals surface area contributed by atoms with Gasteiger partial charge in [0.15, 0.2) is 0 Å². The topological polar surface area (TPSA) is 29.5 Å². The second-order valence-corrected chi connectivity index (χ2v) is 7.32. The van der Waals surface area contributed by atoms with Crippen LogP contribution in [0, 0.1) is 0 Å². The van der Waals surface area contributed by atoms with E-state index in [2.05, 4.69) is 30.3 Å². The fourth-order valence-electron chi connectivity index (χ4n) is 3.87. The number of hydrogen-bond donors (Lipinski definition) is 0. The van der Waals surface area contributed by atoms with Crippen LogP contribution in [0.4, 0.5) is 0 Å². The van der Waals surface area contributed by atoms with Crippen LogP contribution in [-0.2, 0) is 11.2 Å². The Kier molecular flexibility index (Phi) is 5.04. The van der Waals surface area contributed by atoms with Gasteiger partial charge in [0.05, 0.1) is 7.11 Å². The largest absolute Gasteiger partial charge is 0.496 e. The number of amides is 1. The number of carbonyl (C=O) groups is 1. The summed E-state index contributed by atoms with van der Waals surface area (Å²) in [6.45, 7) is 1.40. The Morgan fingerprint density at radius 1 is 1.07 bits per heavy atom. The quantitative estimate of drug-likeness (QED) is 0.751. The van der Waals surface area contributed by atoms with Gasteiger partial charge in [-0.1, -0.05) is 48.0 Å². The first-order valence-electron chi connectivity index (χ1n) is 9.27. The van der Waals surface area contributed by atoms with Crippen LogP contribution in [0.3, 0.4) is 0 Å². The second kappa shape index (κ2) is 7.61. The molecule has 0 fully saturated rings. The van der Waals surface area contributed by atoms with E-state index in [0.717, 1.165) is 41.8 Å². The summed E-state index contributed by atoms with van der Waals surface area (Å²) in [4.78, 5) is 15.0. The normalized spacial score (nSPS) is 16.3. The van der Waals surface area contributed by atoms with E-state index in [4.69, 9.17) is 16.3 Å². The van der Waals surface area contributed by atoms with E-state index in [1.54, 1.807) is 7.11 Å². The molecule has 0 saturated heterocycles. The predicted molar refractivity (Wildman–Crippen MR) is 110 cm³/mol. The van der Waals surface area contributed by atoms with Crippen LogP contribution in [0.15, 0.2) is 54.1 Å². The highest BCUT2D eigenvalue weighted by atomic mass is 35.5. The van der Waals surface area contributed by atoms with Gasteiger partial charge in [-0.25, -0.2) is 0 Å². The lowest BCUT2D eigenvalue weighted by Gasteiger charge is -2.29. The molecule has 0 aromatic heterocycles. The predicted octanol–water partition coefficient (Wildman–Crippen LogP) is 4.99. The van der Waals surface area contributed by atoms with E-state index in [1.165, 1.54) is 11.1 Å². The lowest BCUT2D eigenvalue weighted by atomic mass is 9.90. The van der Waals surface area contributed by atoms with Crippen molar-refractivity contribution in [2.45, 2.75) is 19.3 Å². The molecule has 2 aliphatic rings. The van der Waals surface area contributed by atoms with Crippen LogP contribution >= 0.6 is 11.6 Å². The SMILES string of the molecule is COc1ccc(Cl)c2c1CCC(C(=O)N1CC=C(c3ccccc3)CC1)=C2. The summed E-state index contributed by atoms with van der Waals surface area (Å²) in [5.74, 6) is 0.952. The maximum absolute atomic E-state index is 13.0. The molecule has 1 amide bonds. The van der Waals surface area contributed by atoms with Crippen LogP contribution in [0.5, 0.6) is 5.75 Å². The Morgan fingerprint density at radius 3 is 2.59 bits per heavy atom. The Balaban J connectivity index is 1.54. The number of rotatable bonds is 3. The van der Waals surface area contributed by atoms with Crippen molar-refractivity contribution in [1.82, 2.24) is 4.90 Å². The highest BCUT2D eigenvalue weighted by molar-refractivity contribution is 6.32. The molecule has 2 aromatic rings. The molecule has 27 heavy (non-hydrogen) atoms. The fraction of sp³-hybridized carbons (Fsp3) is 0.261. The molecule has 1 aliphatic heterocycles. The smallest absolute Gasteiger partial charge is 0.250 e. The molecule has 3 nitrogen and oxygen atoms in total. The molecule has 0 N–H and O–H groups in total. The van der Waals surface area contributed by atoms with Crippen molar-refractivity contribution in [3.63, 3.8) is 0 Å². The summed E-state index contributed by atoms with van der Waals surface area (Å²) < 4.78 is 5.44. The average molecular weight is 380 g/mol. The second-order valence-electron chi connectivity index (χ2n) is 6.91. The van der Waals surface area contributed by atoms with Crippen molar-refractivity contribution in [2.75, 3.05) is 20.2 Å². The first-order valence-corrected chi connectivity index (χ1v) is 9.65. The van der Waals surface area contributed by atoms with E-state index in [0.29, 0.717) is 18.0 Å². The third kappa shape index (κ3) is 3.52. The zero-order valence-electron chi connectivity index (χ0n) is 15.4. The highest BCUT2D eigenvalue weighted by Gasteiger charge is 2.25. The van der Waals surface area contributed by atoms with Crippen molar-refractivity contribution >= 4 is 29.2 Å². The Bertz CT molecular complexity index is 931. The Labute approximate surface area is 164 Å². The molecule has 0 bridgehead atoms. The minimum Gasteiger partial charge on any atom is -0.496 e. The molecule has 0 atom stereocenters. The molecule has 0 unspecified atom stereocenters. The molecule has 138 valence electrons. The van der Waals surface area contributed by atoms with Crippen LogP contribution in [-0.4, -0.2) is 31.0 Å². The third-order valence-electron chi connectivity index (χ3n) is 5.36. The number of methoxy groups -OCH3 is 1. The van der Waals surface area contributed by atoms with Gasteiger partial charge < -0.3 is 9.64 Å². The van der Waals surface area contributed by atoms with E-state index < -0.39 is 0 Å². The third-order valence-corrected chi connectivity index (χ3v) is 5.69. The van der Waals surface area contributed by atoms with E-state index in [1.807, 2.05) is 29.2 Å². The molecule has 0 spiro atoms. The maximum atomic E-state index is 13.0. The van der Waals surface area contributed by atoms with Gasteiger partial charge >= 0.3 is 0 Å². The zero-order chi connectivity index (χ0) is 18.8. The first-order chi connectivity index (χ1) is 13.2. The molecular weight excluding hydrogens is 358 g/mol. The summed E-state index contributed by atoms with van der Waals surface area (Å²) in [5, 5.41) is 0.667. The van der Waals surface area contributed by atoms with Crippen molar-refractivity contribution in [3.8, 4) is 5.75 Å². The van der Waals surface area contributed by atoms with Crippen LogP contribution in [0.1, 0.15) is 29.5 Å². The number of halogens is 1. The first kappa shape index (κ1) is 17.9. The number of benzene rings is 2. The standard InChI is InChI=1S/C23H22ClNO2/c1-27-22-10-9-21(24)20-15-18(7-8-19(20)22)23(26)25-13-11-17(12-14-25)16-5-3-2-4-6-16/h2-6,9-11,15H,7-8,12-14H2,1H3. The lowest BCUT2D eigenvalue weighted by Crippen LogP contribution is -2.36. The minimum atomic E-state index is 0.114. The number of hydrogen-bond acceptors (Lipinski definition) is 2. The molecule has 1 heterocycles. The molecule has 0 radical (unpaired) electrons. The summed E-state index contributed by atoms with van der Waals surface area (Å²) in [6, 6.07) is 14.1. The maximum Gasteiger partial charge on any atom is 0.250 e. The average Bonchev–Trinajstić information content (AvgIpc) is 2.74. The van der Waals surface area contributed by atoms with E-state index in [9.17, 15) is 4.79 Å². The van der Waals surface area contributed by atoms with Gasteiger partial charge in [0, 0.05) is 34.8 Å². The Morgan fingerprint density at radius 2 is 1.89 bits per heavy atom. The van der Waals surface area contributed by atoms with Crippen LogP contribution in [0.25, 0.3) is 11.6 Å². The number of carbonyl (C=O) groups excluding carboxylic acids is 1. The van der Waals surface area contributed by atoms with E-state index >= 15 is 0 Å². The van der Waals surface area contributed by atoms with Crippen molar-refractivity contribution in [1.29, 1.82) is 0 Å². The minimum absolute atomic E-state index is 0.114. The van der Waals surface area contributed by atoms with Gasteiger partial charge in [-0.2, -0.15) is 0 Å². The summed E-state index contributed by atoms with van der Waals surface area (Å²) in [5.41, 5.74) is 5.40. The molecule has 4 heteroatoms. The molecule has 1 aliphatic carbocycles. The van der Waals surface area contributed by atoms with Gasteiger partial charge in [-0.05, 0) is 48.6 Å². The van der Waals surface area contributed by atoms with Crippen molar-refractivity contribution < 1.29 is 9.53 Å². The van der Waals surface area contributed by atoms with Crippen LogP contribution in [0.2, 0.25) is 5.02 Å². The van der Waals surface area contributed by atoms with Crippen LogP contribution < -0.4 is 4.74 Å². The van der Waals surface area contributed by atoms with Gasteiger partial charge in [0.2, 0.25) is 5.91 Å². The summed E-state index contributed by atoms with van der Waals surface area (Å²) >= 11 is 6.38. The number of fused-ring (bicyclic) bond motifs is 1. The van der Waals surface area contributed by atoms with Gasteiger partial charge in [-0.3, -0.25) is 4.79 Å². The summed E-state index contributed by atoms with van der Waals surface area (Å²) in [6.07, 6.45) is 6.49. The lowest BCUT2D eigenvalue weighted by molar-refractivity contribution is -0.126. The van der Waals surface area contributed by atoms with Crippen molar-refractivity contribution in [3.05, 3.63) is 75.8 Å². The monoisotopic (exact) mass is 379 g/mol. The van der Waals surface area contributed by atoms with Gasteiger partial charge in [0.1, 0.15) is 5.75 Å². The number of nitrogens with zero attached hydrogens (tertiary/aromatic N) is 1. The molecule has 2 aromatic carbocycles. The molecular formula is C23H22ClNO2. The summed E-state index contributed by atoms with van der Waals surface area (Å²) in [7, 11) is 1.66. The Hall–Kier alpha value is -2.52. The highest BCUT2D eigenvalue weighted by Crippen LogP contribution is 2.36. The number of ether oxygens (including phenoxy) is 1. The van der Waals surface area contributed by atoms with Gasteiger partial charge in [-0.15, -0.1) is 0 Å². The van der Waals surface area contributed by atoms with Crippen molar-refractivity contribution in [2.24, 2.45) is 0 Å².